The van der Waals surface area contributed by atoms with Crippen LogP contribution in [0, 0.1) is 12.8 Å². The molecule has 1 N–H and O–H groups in total. The molecule has 1 aliphatic carbocycles. The highest BCUT2D eigenvalue weighted by Crippen LogP contribution is 2.29. The average Bonchev–Trinajstić information content (AvgIpc) is 3.45. The van der Waals surface area contributed by atoms with Gasteiger partial charge in [-0.2, -0.15) is 0 Å². The van der Waals surface area contributed by atoms with Crippen molar-refractivity contribution in [3.63, 3.8) is 0 Å². The molecule has 0 radical (unpaired) electrons. The second-order valence-electron chi connectivity index (χ2n) is 11.3. The molecule has 2 atom stereocenters. The van der Waals surface area contributed by atoms with Crippen molar-refractivity contribution in [2.75, 3.05) is 36.5 Å². The maximum Gasteiger partial charge on any atom is 0.247 e. The largest absolute Gasteiger partial charge is 0.378 e. The van der Waals surface area contributed by atoms with E-state index < -0.39 is 6.04 Å². The minimum absolute atomic E-state index is 0.00696. The molecular weight excluding hydrogens is 540 g/mol. The van der Waals surface area contributed by atoms with Crippen molar-refractivity contribution in [1.29, 1.82) is 0 Å². The van der Waals surface area contributed by atoms with Crippen LogP contribution < -0.4 is 10.2 Å². The summed E-state index contributed by atoms with van der Waals surface area (Å²) in [6.45, 7) is 5.48. The van der Waals surface area contributed by atoms with Crippen molar-refractivity contribution >= 4 is 34.2 Å². The van der Waals surface area contributed by atoms with E-state index in [-0.39, 0.29) is 24.3 Å². The zero-order valence-corrected chi connectivity index (χ0v) is 24.6. The van der Waals surface area contributed by atoms with Gasteiger partial charge in [0, 0.05) is 31.0 Å². The molecule has 1 saturated heterocycles. The highest BCUT2D eigenvalue weighted by Gasteiger charge is 2.37. The Morgan fingerprint density at radius 3 is 2.53 bits per heavy atom. The molecule has 3 aromatic carbocycles. The van der Waals surface area contributed by atoms with Gasteiger partial charge < -0.3 is 19.9 Å². The van der Waals surface area contributed by atoms with Crippen molar-refractivity contribution < 1.29 is 14.3 Å². The molecule has 9 heteroatoms. The van der Waals surface area contributed by atoms with Crippen LogP contribution in [0.2, 0.25) is 0 Å². The molecule has 2 heterocycles. The Balaban J connectivity index is 1.30. The van der Waals surface area contributed by atoms with E-state index in [0.29, 0.717) is 25.4 Å². The van der Waals surface area contributed by atoms with Gasteiger partial charge in [0.05, 0.1) is 18.7 Å². The van der Waals surface area contributed by atoms with E-state index in [2.05, 4.69) is 32.7 Å². The van der Waals surface area contributed by atoms with Crippen LogP contribution in [-0.2, 0) is 27.4 Å². The third kappa shape index (κ3) is 6.62. The minimum Gasteiger partial charge on any atom is -0.378 e. The van der Waals surface area contributed by atoms with Crippen molar-refractivity contribution in [3.05, 3.63) is 96.1 Å². The highest BCUT2D eigenvalue weighted by atomic mass is 16.5. The second kappa shape index (κ2) is 13.2. The molecule has 1 aromatic heterocycles. The Labute approximate surface area is 252 Å². The lowest BCUT2D eigenvalue weighted by atomic mass is 9.85. The van der Waals surface area contributed by atoms with Crippen LogP contribution in [0.1, 0.15) is 30.4 Å². The summed E-state index contributed by atoms with van der Waals surface area (Å²) in [4.78, 5) is 32.5. The summed E-state index contributed by atoms with van der Waals surface area (Å²) < 4.78 is 7.11. The molecular formula is C34H38N6O3. The Morgan fingerprint density at radius 2 is 1.77 bits per heavy atom. The summed E-state index contributed by atoms with van der Waals surface area (Å²) >= 11 is 0. The number of nitrogens with one attached hydrogen (secondary N) is 1. The number of fused-ring (bicyclic) bond motifs is 1. The number of anilines is 2. The number of benzene rings is 3. The van der Waals surface area contributed by atoms with Gasteiger partial charge in [-0.3, -0.25) is 9.59 Å². The predicted octanol–water partition coefficient (Wildman–Crippen LogP) is 4.97. The molecule has 2 amide bonds. The number of nitrogens with zero attached hydrogens (tertiary/aromatic N) is 5. The van der Waals surface area contributed by atoms with Gasteiger partial charge in [-0.15, -0.1) is 5.10 Å². The number of morpholine rings is 1. The SMILES string of the molecule is Cc1ccccc1CN(C(=O)Cn1nnc2ccccc21)[C@@H](C(=O)Nc1ccc(N2CCOCC2)cc1)[C@@H]1CC=CCC1. The molecule has 2 aliphatic rings. The first-order valence-electron chi connectivity index (χ1n) is 15.1. The first-order chi connectivity index (χ1) is 21.1. The highest BCUT2D eigenvalue weighted by molar-refractivity contribution is 5.97. The molecule has 0 unspecified atom stereocenters. The fraction of sp³-hybridized carbons (Fsp3) is 0.353. The maximum atomic E-state index is 14.3. The quantitative estimate of drug-likeness (QED) is 0.282. The van der Waals surface area contributed by atoms with Crippen LogP contribution >= 0.6 is 0 Å². The molecule has 43 heavy (non-hydrogen) atoms. The fourth-order valence-electron chi connectivity index (χ4n) is 6.07. The van der Waals surface area contributed by atoms with Crippen LogP contribution in [0.4, 0.5) is 11.4 Å². The number of carbonyl (C=O) groups excluding carboxylic acids is 2. The standard InChI is InChI=1S/C34H38N6O3/c1-25-9-5-6-12-27(25)23-39(32(41)24-40-31-14-8-7-13-30(31)36-37-40)33(26-10-3-2-4-11-26)34(42)35-28-15-17-29(18-16-28)38-19-21-43-22-20-38/h2-3,5-9,12-18,26,33H,4,10-11,19-24H2,1H3,(H,35,42)/t26-,33-/m1/s1. The lowest BCUT2D eigenvalue weighted by molar-refractivity contribution is -0.142. The van der Waals surface area contributed by atoms with Crippen molar-refractivity contribution in [3.8, 4) is 0 Å². The maximum absolute atomic E-state index is 14.3. The number of amides is 2. The first kappa shape index (κ1) is 28.6. The summed E-state index contributed by atoms with van der Waals surface area (Å²) in [7, 11) is 0. The normalized spacial score (nSPS) is 17.5. The fourth-order valence-corrected chi connectivity index (χ4v) is 6.07. The summed E-state index contributed by atoms with van der Waals surface area (Å²) in [5, 5.41) is 11.7. The summed E-state index contributed by atoms with van der Waals surface area (Å²) in [6.07, 6.45) is 6.73. The summed E-state index contributed by atoms with van der Waals surface area (Å²) in [5.41, 5.74) is 5.42. The topological polar surface area (TPSA) is 92.6 Å². The smallest absolute Gasteiger partial charge is 0.247 e. The van der Waals surface area contributed by atoms with Crippen LogP contribution in [0.3, 0.4) is 0 Å². The van der Waals surface area contributed by atoms with Gasteiger partial charge in [-0.1, -0.05) is 53.8 Å². The monoisotopic (exact) mass is 578 g/mol. The van der Waals surface area contributed by atoms with Gasteiger partial charge >= 0.3 is 0 Å². The van der Waals surface area contributed by atoms with Gasteiger partial charge in [0.2, 0.25) is 11.8 Å². The van der Waals surface area contributed by atoms with Crippen LogP contribution in [-0.4, -0.2) is 64.1 Å². The van der Waals surface area contributed by atoms with Gasteiger partial charge in [0.1, 0.15) is 18.1 Å². The number of hydrogen-bond acceptors (Lipinski definition) is 6. The van der Waals surface area contributed by atoms with E-state index in [1.807, 2.05) is 79.7 Å². The lowest BCUT2D eigenvalue weighted by Gasteiger charge is -2.37. The van der Waals surface area contributed by atoms with Crippen molar-refractivity contribution in [2.24, 2.45) is 5.92 Å². The zero-order chi connectivity index (χ0) is 29.6. The number of ether oxygens (including phenoxy) is 1. The van der Waals surface area contributed by atoms with Gasteiger partial charge in [-0.25, -0.2) is 4.68 Å². The number of para-hydroxylation sites is 1. The molecule has 0 saturated carbocycles. The number of carbonyl (C=O) groups is 2. The average molecular weight is 579 g/mol. The second-order valence-corrected chi connectivity index (χ2v) is 11.3. The molecule has 1 aliphatic heterocycles. The van der Waals surface area contributed by atoms with Crippen molar-refractivity contribution in [1.82, 2.24) is 19.9 Å². The van der Waals surface area contributed by atoms with E-state index in [4.69, 9.17) is 4.74 Å². The van der Waals surface area contributed by atoms with Gasteiger partial charge in [0.25, 0.3) is 0 Å². The summed E-state index contributed by atoms with van der Waals surface area (Å²) in [6, 6.07) is 22.9. The zero-order valence-electron chi connectivity index (χ0n) is 24.6. The Hall–Kier alpha value is -4.50. The third-order valence-corrected chi connectivity index (χ3v) is 8.50. The molecule has 6 rings (SSSR count). The number of aromatic nitrogens is 3. The van der Waals surface area contributed by atoms with Crippen LogP contribution in [0.15, 0.2) is 84.9 Å². The number of rotatable bonds is 9. The van der Waals surface area contributed by atoms with Gasteiger partial charge in [0.15, 0.2) is 0 Å². The molecule has 222 valence electrons. The first-order valence-corrected chi connectivity index (χ1v) is 15.1. The van der Waals surface area contributed by atoms with E-state index >= 15 is 0 Å². The lowest BCUT2D eigenvalue weighted by Crippen LogP contribution is -2.52. The van der Waals surface area contributed by atoms with E-state index in [1.54, 1.807) is 9.58 Å². The molecule has 0 bridgehead atoms. The molecule has 1 fully saturated rings. The number of aryl methyl sites for hydroxylation is 1. The minimum atomic E-state index is -0.661. The Kier molecular flexibility index (Phi) is 8.79. The molecule has 0 spiro atoms. The predicted molar refractivity (Wildman–Crippen MR) is 168 cm³/mol. The van der Waals surface area contributed by atoms with E-state index in [1.165, 1.54) is 0 Å². The number of allylic oxidation sites excluding steroid dienone is 2. The molecule has 4 aromatic rings. The number of hydrogen-bond donors (Lipinski definition) is 1. The van der Waals surface area contributed by atoms with Crippen LogP contribution in [0.25, 0.3) is 11.0 Å². The molecule has 9 nitrogen and oxygen atoms in total. The third-order valence-electron chi connectivity index (χ3n) is 8.50. The van der Waals surface area contributed by atoms with Crippen molar-refractivity contribution in [2.45, 2.75) is 45.3 Å². The van der Waals surface area contributed by atoms with Gasteiger partial charge in [-0.05, 0) is 79.6 Å². The van der Waals surface area contributed by atoms with E-state index in [0.717, 1.165) is 60.2 Å². The van der Waals surface area contributed by atoms with E-state index in [9.17, 15) is 9.59 Å². The Bertz CT molecular complexity index is 1590. The Morgan fingerprint density at radius 1 is 1.00 bits per heavy atom. The van der Waals surface area contributed by atoms with Crippen LogP contribution in [0.5, 0.6) is 0 Å². The summed E-state index contributed by atoms with van der Waals surface area (Å²) in [5.74, 6) is -0.362.